The molecule has 0 fully saturated rings. The highest BCUT2D eigenvalue weighted by Gasteiger charge is 2.46. The average molecular weight is 536 g/mol. The summed E-state index contributed by atoms with van der Waals surface area (Å²) >= 11 is 12.1. The lowest BCUT2D eigenvalue weighted by molar-refractivity contribution is -0.159. The Balaban J connectivity index is 3.10. The summed E-state index contributed by atoms with van der Waals surface area (Å²) in [6, 6.07) is 3.70. The molecule has 3 amide bonds. The monoisotopic (exact) mass is 535 g/mol. The Kier molecular flexibility index (Phi) is 13.5. The molecule has 0 heterocycles. The van der Waals surface area contributed by atoms with E-state index in [0.717, 1.165) is 0 Å². The van der Waals surface area contributed by atoms with Gasteiger partial charge in [0.2, 0.25) is 11.8 Å². The predicted molar refractivity (Wildman–Crippen MR) is 131 cm³/mol. The van der Waals surface area contributed by atoms with E-state index < -0.39 is 35.3 Å². The molecule has 0 spiro atoms. The number of halogens is 2. The van der Waals surface area contributed by atoms with E-state index in [1.807, 2.05) is 0 Å². The number of carbonyl (C=O) groups excluding carboxylic acids is 3. The van der Waals surface area contributed by atoms with E-state index in [0.29, 0.717) is 23.8 Å². The first-order valence-corrected chi connectivity index (χ1v) is 12.0. The largest absolute Gasteiger partial charge is 0.382 e. The van der Waals surface area contributed by atoms with Gasteiger partial charge in [-0.05, 0) is 30.0 Å². The SMILES string of the molecule is COCCOCCNC(=O)C(Cc1ccc(Cl)c(Cl)c1)NC(=O)C(O)(CC(C)C)C(C)C(=O)NO. The Morgan fingerprint density at radius 1 is 1.06 bits per heavy atom. The number of nitrogens with one attached hydrogen (secondary N) is 3. The molecular weight excluding hydrogens is 501 g/mol. The van der Waals surface area contributed by atoms with Crippen molar-refractivity contribution in [3.63, 3.8) is 0 Å². The van der Waals surface area contributed by atoms with Crippen molar-refractivity contribution >= 4 is 40.9 Å². The lowest BCUT2D eigenvalue weighted by atomic mass is 9.80. The van der Waals surface area contributed by atoms with E-state index in [-0.39, 0.29) is 36.9 Å². The van der Waals surface area contributed by atoms with Crippen LogP contribution in [0.15, 0.2) is 18.2 Å². The van der Waals surface area contributed by atoms with Gasteiger partial charge in [0.05, 0.1) is 35.8 Å². The molecule has 0 aliphatic rings. The number of hydrogen-bond acceptors (Lipinski definition) is 7. The molecular formula is C23H35Cl2N3O7. The molecule has 0 radical (unpaired) electrons. The van der Waals surface area contributed by atoms with Crippen molar-refractivity contribution in [2.75, 3.05) is 33.5 Å². The molecule has 0 saturated heterocycles. The highest BCUT2D eigenvalue weighted by molar-refractivity contribution is 6.42. The van der Waals surface area contributed by atoms with Crippen molar-refractivity contribution in [2.45, 2.75) is 45.3 Å². The minimum atomic E-state index is -2.18. The number of amides is 3. The van der Waals surface area contributed by atoms with Crippen LogP contribution in [0.1, 0.15) is 32.8 Å². The third-order valence-electron chi connectivity index (χ3n) is 5.36. The quantitative estimate of drug-likeness (QED) is 0.130. The number of ether oxygens (including phenoxy) is 2. The summed E-state index contributed by atoms with van der Waals surface area (Å²) in [5.41, 5.74) is -0.0980. The minimum absolute atomic E-state index is 0.0390. The Morgan fingerprint density at radius 3 is 2.31 bits per heavy atom. The summed E-state index contributed by atoms with van der Waals surface area (Å²) in [5, 5.41) is 26.1. The van der Waals surface area contributed by atoms with Crippen LogP contribution in [0.2, 0.25) is 10.0 Å². The molecule has 0 aromatic heterocycles. The van der Waals surface area contributed by atoms with Crippen LogP contribution in [0, 0.1) is 11.8 Å². The average Bonchev–Trinajstić information content (AvgIpc) is 2.81. The fourth-order valence-corrected chi connectivity index (χ4v) is 3.73. The highest BCUT2D eigenvalue weighted by Crippen LogP contribution is 2.27. The van der Waals surface area contributed by atoms with Crippen LogP contribution < -0.4 is 16.1 Å². The van der Waals surface area contributed by atoms with E-state index in [1.54, 1.807) is 39.2 Å². The van der Waals surface area contributed by atoms with Gasteiger partial charge >= 0.3 is 0 Å². The molecule has 0 aliphatic heterocycles. The van der Waals surface area contributed by atoms with Crippen LogP contribution in [0.3, 0.4) is 0 Å². The van der Waals surface area contributed by atoms with E-state index >= 15 is 0 Å². The van der Waals surface area contributed by atoms with E-state index in [1.165, 1.54) is 12.4 Å². The van der Waals surface area contributed by atoms with Crippen molar-refractivity contribution in [2.24, 2.45) is 11.8 Å². The van der Waals surface area contributed by atoms with Crippen LogP contribution in [-0.4, -0.2) is 73.2 Å². The maximum absolute atomic E-state index is 13.2. The van der Waals surface area contributed by atoms with Crippen LogP contribution in [-0.2, 0) is 30.3 Å². The topological polar surface area (TPSA) is 146 Å². The lowest BCUT2D eigenvalue weighted by Crippen LogP contribution is -2.60. The van der Waals surface area contributed by atoms with Gasteiger partial charge in [0, 0.05) is 20.1 Å². The maximum atomic E-state index is 13.2. The second kappa shape index (κ2) is 15.2. The minimum Gasteiger partial charge on any atom is -0.382 e. The van der Waals surface area contributed by atoms with Crippen molar-refractivity contribution in [3.05, 3.63) is 33.8 Å². The second-order valence-corrected chi connectivity index (χ2v) is 9.41. The normalized spacial score (nSPS) is 14.7. The summed E-state index contributed by atoms with van der Waals surface area (Å²) in [7, 11) is 1.55. The molecule has 10 nitrogen and oxygen atoms in total. The first-order chi connectivity index (χ1) is 16.5. The van der Waals surface area contributed by atoms with Crippen molar-refractivity contribution in [1.82, 2.24) is 16.1 Å². The van der Waals surface area contributed by atoms with Gasteiger partial charge in [-0.3, -0.25) is 19.6 Å². The van der Waals surface area contributed by atoms with Gasteiger partial charge in [-0.15, -0.1) is 0 Å². The molecule has 3 unspecified atom stereocenters. The van der Waals surface area contributed by atoms with Gasteiger partial charge in [-0.25, -0.2) is 5.48 Å². The molecule has 1 aromatic rings. The summed E-state index contributed by atoms with van der Waals surface area (Å²) in [5.74, 6) is -3.84. The van der Waals surface area contributed by atoms with Crippen molar-refractivity contribution in [1.29, 1.82) is 0 Å². The summed E-state index contributed by atoms with van der Waals surface area (Å²) in [6.07, 6.45) is -0.0425. The molecule has 0 aliphatic carbocycles. The first kappa shape index (κ1) is 31.1. The van der Waals surface area contributed by atoms with Gasteiger partial charge < -0.3 is 25.2 Å². The number of hydrogen-bond donors (Lipinski definition) is 5. The highest BCUT2D eigenvalue weighted by atomic mass is 35.5. The molecule has 35 heavy (non-hydrogen) atoms. The second-order valence-electron chi connectivity index (χ2n) is 8.59. The number of benzene rings is 1. The maximum Gasteiger partial charge on any atom is 0.253 e. The molecule has 1 aromatic carbocycles. The lowest BCUT2D eigenvalue weighted by Gasteiger charge is -2.34. The summed E-state index contributed by atoms with van der Waals surface area (Å²) in [6.45, 7) is 6.04. The number of carbonyl (C=O) groups is 3. The number of rotatable bonds is 15. The molecule has 5 N–H and O–H groups in total. The van der Waals surface area contributed by atoms with Gasteiger partial charge in [0.15, 0.2) is 5.60 Å². The van der Waals surface area contributed by atoms with E-state index in [2.05, 4.69) is 10.6 Å². The molecule has 0 bridgehead atoms. The molecule has 3 atom stereocenters. The van der Waals surface area contributed by atoms with E-state index in [4.69, 9.17) is 37.9 Å². The molecule has 0 saturated carbocycles. The fraction of sp³-hybridized carbons (Fsp3) is 0.609. The standard InChI is InChI=1S/C23H35Cl2N3O7/c1-14(2)13-23(32,15(3)20(29)28-33)22(31)27-19(12-16-5-6-17(24)18(25)11-16)21(30)26-7-8-35-10-9-34-4/h5-6,11,14-15,19,32-33H,7-10,12-13H2,1-4H3,(H,26,30)(H,27,31)(H,28,29). The van der Waals surface area contributed by atoms with E-state index in [9.17, 15) is 19.5 Å². The number of hydroxylamine groups is 1. The third-order valence-corrected chi connectivity index (χ3v) is 6.09. The number of aliphatic hydroxyl groups is 1. The molecule has 1 rings (SSSR count). The molecule has 12 heteroatoms. The Hall–Kier alpha value is -1.95. The van der Waals surface area contributed by atoms with Crippen LogP contribution >= 0.6 is 23.2 Å². The predicted octanol–water partition coefficient (Wildman–Crippen LogP) is 1.72. The summed E-state index contributed by atoms with van der Waals surface area (Å²) in [4.78, 5) is 38.3. The zero-order valence-electron chi connectivity index (χ0n) is 20.4. The first-order valence-electron chi connectivity index (χ1n) is 11.2. The zero-order valence-corrected chi connectivity index (χ0v) is 21.9. The van der Waals surface area contributed by atoms with Crippen LogP contribution in [0.25, 0.3) is 0 Å². The summed E-state index contributed by atoms with van der Waals surface area (Å²) < 4.78 is 10.2. The van der Waals surface area contributed by atoms with Crippen molar-refractivity contribution < 1.29 is 34.2 Å². The number of methoxy groups -OCH3 is 1. The van der Waals surface area contributed by atoms with Gasteiger partial charge in [-0.2, -0.15) is 0 Å². The zero-order chi connectivity index (χ0) is 26.6. The fourth-order valence-electron chi connectivity index (χ4n) is 3.41. The Bertz CT molecular complexity index is 856. The molecule has 198 valence electrons. The van der Waals surface area contributed by atoms with Crippen molar-refractivity contribution in [3.8, 4) is 0 Å². The Labute approximate surface area is 215 Å². The van der Waals surface area contributed by atoms with Gasteiger partial charge in [0.25, 0.3) is 5.91 Å². The van der Waals surface area contributed by atoms with Crippen LogP contribution in [0.4, 0.5) is 0 Å². The van der Waals surface area contributed by atoms with Crippen LogP contribution in [0.5, 0.6) is 0 Å². The van der Waals surface area contributed by atoms with Gasteiger partial charge in [-0.1, -0.05) is 50.0 Å². The third kappa shape index (κ3) is 9.91. The Morgan fingerprint density at radius 2 is 1.74 bits per heavy atom. The van der Waals surface area contributed by atoms with Gasteiger partial charge in [0.1, 0.15) is 6.04 Å². The smallest absolute Gasteiger partial charge is 0.253 e.